The lowest BCUT2D eigenvalue weighted by Crippen LogP contribution is -2.41. The molecule has 2 nitrogen and oxygen atoms in total. The Morgan fingerprint density at radius 1 is 0.968 bits per heavy atom. The second-order valence-electron chi connectivity index (χ2n) is 8.71. The summed E-state index contributed by atoms with van der Waals surface area (Å²) >= 11 is 6.07. The normalized spacial score (nSPS) is 17.8. The molecule has 0 spiro atoms. The first-order valence-electron chi connectivity index (χ1n) is 11.3. The van der Waals surface area contributed by atoms with Gasteiger partial charge in [-0.3, -0.25) is 4.79 Å². The Balaban J connectivity index is 1.49. The van der Waals surface area contributed by atoms with Crippen LogP contribution in [0.1, 0.15) is 47.9 Å². The summed E-state index contributed by atoms with van der Waals surface area (Å²) in [5.41, 5.74) is 5.20. The fourth-order valence-corrected chi connectivity index (χ4v) is 4.86. The topological polar surface area (TPSA) is 29.1 Å². The van der Waals surface area contributed by atoms with Crippen molar-refractivity contribution < 1.29 is 4.79 Å². The fraction of sp³-hybridized carbons (Fsp3) is 0.321. The summed E-state index contributed by atoms with van der Waals surface area (Å²) in [4.78, 5) is 13.3. The summed E-state index contributed by atoms with van der Waals surface area (Å²) in [5, 5.41) is 4.12. The molecular formula is C28H30ClNO. The van der Waals surface area contributed by atoms with Gasteiger partial charge < -0.3 is 5.32 Å². The van der Waals surface area contributed by atoms with E-state index in [1.54, 1.807) is 0 Å². The predicted molar refractivity (Wildman–Crippen MR) is 129 cm³/mol. The molecule has 3 aromatic rings. The molecule has 0 fully saturated rings. The van der Waals surface area contributed by atoms with E-state index in [0.29, 0.717) is 0 Å². The van der Waals surface area contributed by atoms with Crippen LogP contribution < -0.4 is 5.32 Å². The molecule has 2 unspecified atom stereocenters. The molecule has 0 radical (unpaired) electrons. The number of halogens is 1. The van der Waals surface area contributed by atoms with Crippen molar-refractivity contribution in [2.45, 2.75) is 51.0 Å². The number of hydrogen-bond donors (Lipinski definition) is 1. The van der Waals surface area contributed by atoms with Gasteiger partial charge in [-0.2, -0.15) is 0 Å². The van der Waals surface area contributed by atoms with Crippen LogP contribution in [0.2, 0.25) is 5.02 Å². The monoisotopic (exact) mass is 431 g/mol. The molecule has 160 valence electrons. The van der Waals surface area contributed by atoms with Gasteiger partial charge in [0.25, 0.3) is 0 Å². The highest BCUT2D eigenvalue weighted by Gasteiger charge is 2.27. The minimum Gasteiger partial charge on any atom is -0.353 e. The van der Waals surface area contributed by atoms with Gasteiger partial charge in [0.2, 0.25) is 5.91 Å². The van der Waals surface area contributed by atoms with Crippen LogP contribution in [0, 0.1) is 5.92 Å². The number of hydrogen-bond acceptors (Lipinski definition) is 1. The summed E-state index contributed by atoms with van der Waals surface area (Å²) in [6, 6.07) is 27.1. The number of rotatable bonds is 6. The van der Waals surface area contributed by atoms with Crippen LogP contribution in [-0.2, 0) is 24.1 Å². The smallest absolute Gasteiger partial charge is 0.223 e. The maximum Gasteiger partial charge on any atom is 0.223 e. The second-order valence-corrected chi connectivity index (χ2v) is 9.14. The first-order chi connectivity index (χ1) is 15.1. The van der Waals surface area contributed by atoms with Crippen LogP contribution in [0.3, 0.4) is 0 Å². The fourth-order valence-electron chi connectivity index (χ4n) is 4.73. The molecule has 0 saturated carbocycles. The SMILES string of the molecule is CC(NC(=O)[C@@H]1CCCc2ccccc2C1)C(Cc1ccc(Cl)cc1)c1ccccc1. The Labute approximate surface area is 190 Å². The number of benzene rings is 3. The molecular weight excluding hydrogens is 402 g/mol. The molecule has 1 amide bonds. The lowest BCUT2D eigenvalue weighted by molar-refractivity contribution is -0.126. The van der Waals surface area contributed by atoms with E-state index in [9.17, 15) is 4.79 Å². The quantitative estimate of drug-likeness (QED) is 0.451. The average Bonchev–Trinajstić information content (AvgIpc) is 3.02. The van der Waals surface area contributed by atoms with E-state index >= 15 is 0 Å². The van der Waals surface area contributed by atoms with Gasteiger partial charge in [0.15, 0.2) is 0 Å². The van der Waals surface area contributed by atoms with Crippen LogP contribution in [0.4, 0.5) is 0 Å². The zero-order valence-corrected chi connectivity index (χ0v) is 18.8. The van der Waals surface area contributed by atoms with E-state index < -0.39 is 0 Å². The molecule has 4 rings (SSSR count). The van der Waals surface area contributed by atoms with E-state index in [1.807, 2.05) is 18.2 Å². The third kappa shape index (κ3) is 5.57. The third-order valence-corrected chi connectivity index (χ3v) is 6.78. The zero-order valence-electron chi connectivity index (χ0n) is 18.1. The second kappa shape index (κ2) is 10.2. The average molecular weight is 432 g/mol. The van der Waals surface area contributed by atoms with E-state index in [1.165, 1.54) is 22.3 Å². The van der Waals surface area contributed by atoms with Gasteiger partial charge in [0.1, 0.15) is 0 Å². The van der Waals surface area contributed by atoms with E-state index in [-0.39, 0.29) is 23.8 Å². The largest absolute Gasteiger partial charge is 0.353 e. The van der Waals surface area contributed by atoms with Crippen molar-refractivity contribution in [3.8, 4) is 0 Å². The molecule has 0 aromatic heterocycles. The molecule has 0 aliphatic heterocycles. The van der Waals surface area contributed by atoms with Crippen molar-refractivity contribution in [3.63, 3.8) is 0 Å². The molecule has 0 saturated heterocycles. The summed E-state index contributed by atoms with van der Waals surface area (Å²) in [7, 11) is 0. The standard InChI is InChI=1S/C28H30ClNO/c1-20(30-28(31)25-13-7-12-22-8-5-6-11-24(22)19-25)27(23-9-3-2-4-10-23)18-21-14-16-26(29)17-15-21/h2-6,8-11,14-17,20,25,27H,7,12-13,18-19H2,1H3,(H,30,31)/t20?,25-,27?/m1/s1. The molecule has 1 aliphatic carbocycles. The molecule has 31 heavy (non-hydrogen) atoms. The lowest BCUT2D eigenvalue weighted by Gasteiger charge is -2.27. The molecule has 3 atom stereocenters. The predicted octanol–water partition coefficient (Wildman–Crippen LogP) is 6.37. The number of amides is 1. The highest BCUT2D eigenvalue weighted by atomic mass is 35.5. The van der Waals surface area contributed by atoms with Crippen molar-refractivity contribution in [3.05, 3.63) is 106 Å². The van der Waals surface area contributed by atoms with Gasteiger partial charge in [-0.15, -0.1) is 0 Å². The Morgan fingerprint density at radius 2 is 1.65 bits per heavy atom. The van der Waals surface area contributed by atoms with Crippen molar-refractivity contribution in [1.29, 1.82) is 0 Å². The number of carbonyl (C=O) groups excluding carboxylic acids is 1. The maximum absolute atomic E-state index is 13.3. The molecule has 1 N–H and O–H groups in total. The summed E-state index contributed by atoms with van der Waals surface area (Å²) in [5.74, 6) is 0.420. The van der Waals surface area contributed by atoms with Gasteiger partial charge in [-0.1, -0.05) is 78.3 Å². The van der Waals surface area contributed by atoms with Crippen LogP contribution in [0.25, 0.3) is 0 Å². The van der Waals surface area contributed by atoms with E-state index in [0.717, 1.165) is 37.1 Å². The van der Waals surface area contributed by atoms with Gasteiger partial charge in [0.05, 0.1) is 0 Å². The van der Waals surface area contributed by atoms with Crippen LogP contribution >= 0.6 is 11.6 Å². The van der Waals surface area contributed by atoms with Crippen LogP contribution in [0.5, 0.6) is 0 Å². The Bertz CT molecular complexity index is 999. The van der Waals surface area contributed by atoms with Crippen molar-refractivity contribution in [2.75, 3.05) is 0 Å². The third-order valence-electron chi connectivity index (χ3n) is 6.52. The first kappa shape index (κ1) is 21.6. The van der Waals surface area contributed by atoms with Gasteiger partial charge in [0, 0.05) is 22.9 Å². The maximum atomic E-state index is 13.3. The van der Waals surface area contributed by atoms with Gasteiger partial charge in [-0.05, 0) is 73.4 Å². The zero-order chi connectivity index (χ0) is 21.6. The Morgan fingerprint density at radius 3 is 2.39 bits per heavy atom. The summed E-state index contributed by atoms with van der Waals surface area (Å²) < 4.78 is 0. The summed E-state index contributed by atoms with van der Waals surface area (Å²) in [6.45, 7) is 2.14. The molecule has 0 bridgehead atoms. The minimum atomic E-state index is 0.0316. The van der Waals surface area contributed by atoms with Crippen LogP contribution in [0.15, 0.2) is 78.9 Å². The highest BCUT2D eigenvalue weighted by molar-refractivity contribution is 6.30. The van der Waals surface area contributed by atoms with Crippen LogP contribution in [-0.4, -0.2) is 11.9 Å². The van der Waals surface area contributed by atoms with Crippen molar-refractivity contribution >= 4 is 17.5 Å². The van der Waals surface area contributed by atoms with E-state index in [2.05, 4.69) is 72.9 Å². The number of fused-ring (bicyclic) bond motifs is 1. The first-order valence-corrected chi connectivity index (χ1v) is 11.6. The van der Waals surface area contributed by atoms with Crippen molar-refractivity contribution in [1.82, 2.24) is 5.32 Å². The summed E-state index contributed by atoms with van der Waals surface area (Å²) in [6.07, 6.45) is 4.77. The van der Waals surface area contributed by atoms with Gasteiger partial charge >= 0.3 is 0 Å². The Kier molecular flexibility index (Phi) is 7.09. The minimum absolute atomic E-state index is 0.0316. The molecule has 3 aromatic carbocycles. The van der Waals surface area contributed by atoms with E-state index in [4.69, 9.17) is 11.6 Å². The number of nitrogens with one attached hydrogen (secondary N) is 1. The molecule has 0 heterocycles. The number of carbonyl (C=O) groups is 1. The Hall–Kier alpha value is -2.58. The molecule has 3 heteroatoms. The number of aryl methyl sites for hydroxylation is 1. The van der Waals surface area contributed by atoms with Gasteiger partial charge in [-0.25, -0.2) is 0 Å². The molecule has 1 aliphatic rings. The van der Waals surface area contributed by atoms with Crippen molar-refractivity contribution in [2.24, 2.45) is 5.92 Å². The lowest BCUT2D eigenvalue weighted by atomic mass is 9.86. The highest BCUT2D eigenvalue weighted by Crippen LogP contribution is 2.28.